The maximum Gasteiger partial charge on any atom is 0.524 e. The van der Waals surface area contributed by atoms with E-state index in [-0.39, 0.29) is 22.6 Å². The van der Waals surface area contributed by atoms with Crippen LogP contribution in [0.2, 0.25) is 5.02 Å². The first-order valence-electron chi connectivity index (χ1n) is 9.68. The fourth-order valence-electron chi connectivity index (χ4n) is 4.40. The maximum atomic E-state index is 13.2. The summed E-state index contributed by atoms with van der Waals surface area (Å²) in [4.78, 5) is 44.8. The SMILES string of the molecule is O=C1C(OP(=O)(O)O)=C(C2CCC(c3ccc(Cl)cc3)CC2)C(=O)c2ccccc21. The minimum Gasteiger partial charge on any atom is -0.400 e. The number of allylic oxidation sites excluding steroid dienone is 2. The predicted molar refractivity (Wildman–Crippen MR) is 111 cm³/mol. The number of ketones is 2. The van der Waals surface area contributed by atoms with Gasteiger partial charge in [0.05, 0.1) is 0 Å². The molecule has 0 heterocycles. The highest BCUT2D eigenvalue weighted by Gasteiger charge is 2.40. The summed E-state index contributed by atoms with van der Waals surface area (Å²) >= 11 is 5.96. The van der Waals surface area contributed by atoms with Gasteiger partial charge in [-0.3, -0.25) is 19.4 Å². The number of fused-ring (bicyclic) bond motifs is 1. The molecule has 0 saturated heterocycles. The molecule has 2 aliphatic carbocycles. The summed E-state index contributed by atoms with van der Waals surface area (Å²) in [6, 6.07) is 13.9. The van der Waals surface area contributed by atoms with Gasteiger partial charge in [-0.25, -0.2) is 4.57 Å². The molecule has 2 aliphatic rings. The number of halogens is 1. The zero-order chi connectivity index (χ0) is 21.5. The van der Waals surface area contributed by atoms with Gasteiger partial charge in [0, 0.05) is 21.7 Å². The number of phosphoric ester groups is 1. The smallest absolute Gasteiger partial charge is 0.400 e. The van der Waals surface area contributed by atoms with Crippen molar-refractivity contribution in [3.05, 3.63) is 81.6 Å². The average molecular weight is 447 g/mol. The van der Waals surface area contributed by atoms with Crippen LogP contribution >= 0.6 is 19.4 Å². The van der Waals surface area contributed by atoms with Crippen molar-refractivity contribution in [3.63, 3.8) is 0 Å². The van der Waals surface area contributed by atoms with Crippen LogP contribution in [0.1, 0.15) is 57.9 Å². The molecule has 2 aromatic carbocycles. The van der Waals surface area contributed by atoms with Crippen molar-refractivity contribution in [2.24, 2.45) is 5.92 Å². The summed E-state index contributed by atoms with van der Waals surface area (Å²) in [6.07, 6.45) is 2.78. The molecule has 0 spiro atoms. The fraction of sp³-hybridized carbons (Fsp3) is 0.273. The lowest BCUT2D eigenvalue weighted by Gasteiger charge is -2.32. The molecule has 1 saturated carbocycles. The molecule has 2 aromatic rings. The molecule has 2 N–H and O–H groups in total. The van der Waals surface area contributed by atoms with E-state index in [0.717, 1.165) is 18.4 Å². The van der Waals surface area contributed by atoms with Crippen molar-refractivity contribution in [3.8, 4) is 0 Å². The number of rotatable bonds is 4. The summed E-state index contributed by atoms with van der Waals surface area (Å²) < 4.78 is 16.3. The van der Waals surface area contributed by atoms with Crippen molar-refractivity contribution < 1.29 is 28.5 Å². The third kappa shape index (κ3) is 4.14. The molecule has 30 heavy (non-hydrogen) atoms. The van der Waals surface area contributed by atoms with Crippen LogP contribution in [0.15, 0.2) is 59.9 Å². The second-order valence-electron chi connectivity index (χ2n) is 7.63. The van der Waals surface area contributed by atoms with Gasteiger partial charge in [-0.15, -0.1) is 0 Å². The maximum absolute atomic E-state index is 13.2. The molecule has 0 bridgehead atoms. The molecule has 0 aliphatic heterocycles. The normalized spacial score (nSPS) is 22.1. The van der Waals surface area contributed by atoms with Crippen molar-refractivity contribution in [1.82, 2.24) is 0 Å². The molecule has 4 rings (SSSR count). The topological polar surface area (TPSA) is 101 Å². The van der Waals surface area contributed by atoms with Gasteiger partial charge < -0.3 is 4.52 Å². The zero-order valence-electron chi connectivity index (χ0n) is 16.0. The summed E-state index contributed by atoms with van der Waals surface area (Å²) in [5.74, 6) is -1.58. The first-order valence-corrected chi connectivity index (χ1v) is 11.6. The van der Waals surface area contributed by atoms with Crippen LogP contribution in [-0.4, -0.2) is 21.4 Å². The number of carbonyl (C=O) groups is 2. The minimum absolute atomic E-state index is 0.0802. The number of carbonyl (C=O) groups excluding carboxylic acids is 2. The Morgan fingerprint density at radius 1 is 0.833 bits per heavy atom. The average Bonchev–Trinajstić information content (AvgIpc) is 2.72. The lowest BCUT2D eigenvalue weighted by molar-refractivity contribution is 0.0906. The van der Waals surface area contributed by atoms with Crippen LogP contribution in [0.4, 0.5) is 0 Å². The Kier molecular flexibility index (Phi) is 5.69. The molecule has 6 nitrogen and oxygen atoms in total. The van der Waals surface area contributed by atoms with Crippen molar-refractivity contribution in [1.29, 1.82) is 0 Å². The van der Waals surface area contributed by atoms with E-state index in [0.29, 0.717) is 23.8 Å². The molecular weight excluding hydrogens is 427 g/mol. The number of hydrogen-bond donors (Lipinski definition) is 2. The van der Waals surface area contributed by atoms with E-state index in [9.17, 15) is 23.9 Å². The summed E-state index contributed by atoms with van der Waals surface area (Å²) in [5, 5.41) is 0.668. The van der Waals surface area contributed by atoms with Crippen molar-refractivity contribution >= 4 is 31.0 Å². The summed E-state index contributed by atoms with van der Waals surface area (Å²) in [6.45, 7) is 0. The van der Waals surface area contributed by atoms with Gasteiger partial charge in [-0.1, -0.05) is 48.0 Å². The standard InChI is InChI=1S/C22H20ClO6P/c23-16-11-9-14(10-12-16)13-5-7-15(8-6-13)19-20(24)17-3-1-2-4-18(17)21(25)22(19)29-30(26,27)28/h1-4,9-13,15H,5-8H2,(H2,26,27,28). The number of phosphoric acid groups is 1. The molecule has 0 unspecified atom stereocenters. The van der Waals surface area contributed by atoms with E-state index in [2.05, 4.69) is 0 Å². The fourth-order valence-corrected chi connectivity index (χ4v) is 4.95. The highest BCUT2D eigenvalue weighted by Crippen LogP contribution is 2.47. The van der Waals surface area contributed by atoms with Crippen LogP contribution in [0.3, 0.4) is 0 Å². The van der Waals surface area contributed by atoms with Crippen LogP contribution in [0.5, 0.6) is 0 Å². The highest BCUT2D eigenvalue weighted by molar-refractivity contribution is 7.46. The minimum atomic E-state index is -5.01. The molecule has 0 radical (unpaired) electrons. The second kappa shape index (κ2) is 8.12. The molecular formula is C22H20ClO6P. The Bertz CT molecular complexity index is 1080. The lowest BCUT2D eigenvalue weighted by atomic mass is 9.72. The van der Waals surface area contributed by atoms with Gasteiger partial charge >= 0.3 is 7.82 Å². The van der Waals surface area contributed by atoms with E-state index >= 15 is 0 Å². The van der Waals surface area contributed by atoms with Gasteiger partial charge in [-0.05, 0) is 55.2 Å². The molecule has 1 fully saturated rings. The van der Waals surface area contributed by atoms with E-state index in [1.54, 1.807) is 18.2 Å². The quantitative estimate of drug-likeness (QED) is 0.637. The van der Waals surface area contributed by atoms with E-state index < -0.39 is 25.1 Å². The Morgan fingerprint density at radius 3 is 1.93 bits per heavy atom. The monoisotopic (exact) mass is 446 g/mol. The Morgan fingerprint density at radius 2 is 1.37 bits per heavy atom. The number of hydrogen-bond acceptors (Lipinski definition) is 4. The first-order chi connectivity index (χ1) is 14.2. The summed E-state index contributed by atoms with van der Waals surface area (Å²) in [5.41, 5.74) is 1.59. The number of benzene rings is 2. The van der Waals surface area contributed by atoms with Crippen molar-refractivity contribution in [2.75, 3.05) is 0 Å². The van der Waals surface area contributed by atoms with Gasteiger partial charge in [0.2, 0.25) is 5.78 Å². The van der Waals surface area contributed by atoms with Crippen LogP contribution in [0.25, 0.3) is 0 Å². The zero-order valence-corrected chi connectivity index (χ0v) is 17.6. The number of Topliss-reactive ketones (excluding diaryl/α,β-unsaturated/α-hetero) is 2. The van der Waals surface area contributed by atoms with E-state index in [4.69, 9.17) is 16.1 Å². The van der Waals surface area contributed by atoms with Crippen molar-refractivity contribution in [2.45, 2.75) is 31.6 Å². The third-order valence-electron chi connectivity index (χ3n) is 5.80. The molecule has 0 aromatic heterocycles. The highest BCUT2D eigenvalue weighted by atomic mass is 35.5. The third-order valence-corrected chi connectivity index (χ3v) is 6.47. The van der Waals surface area contributed by atoms with Gasteiger partial charge in [0.25, 0.3) is 0 Å². The van der Waals surface area contributed by atoms with Gasteiger partial charge in [-0.2, -0.15) is 0 Å². The van der Waals surface area contributed by atoms with Crippen LogP contribution < -0.4 is 0 Å². The molecule has 8 heteroatoms. The molecule has 0 amide bonds. The lowest BCUT2D eigenvalue weighted by Crippen LogP contribution is -2.29. The predicted octanol–water partition coefficient (Wildman–Crippen LogP) is 5.06. The Labute approximate surface area is 178 Å². The van der Waals surface area contributed by atoms with Crippen LogP contribution in [0, 0.1) is 5.92 Å². The largest absolute Gasteiger partial charge is 0.524 e. The van der Waals surface area contributed by atoms with E-state index in [1.807, 2.05) is 24.3 Å². The van der Waals surface area contributed by atoms with Crippen LogP contribution in [-0.2, 0) is 9.09 Å². The first kappa shape index (κ1) is 21.0. The van der Waals surface area contributed by atoms with Gasteiger partial charge in [0.15, 0.2) is 11.5 Å². The Hall–Kier alpha value is -2.24. The van der Waals surface area contributed by atoms with E-state index in [1.165, 1.54) is 6.07 Å². The second-order valence-corrected chi connectivity index (χ2v) is 9.23. The molecule has 0 atom stereocenters. The summed E-state index contributed by atoms with van der Waals surface area (Å²) in [7, 11) is -5.01. The molecule has 156 valence electrons. The van der Waals surface area contributed by atoms with Gasteiger partial charge in [0.1, 0.15) is 0 Å². The Balaban J connectivity index is 1.65.